The van der Waals surface area contributed by atoms with Crippen molar-refractivity contribution in [3.8, 4) is 0 Å². The molecule has 9 nitrogen and oxygen atoms in total. The second kappa shape index (κ2) is 9.04. The standard InChI is InChI=1S/C20H18ClN3O6S/c21-16-6-5-15(31-16)18(26)22-9-14-10-24(20(28)30-14)13-3-1-12(2-4-13)19(27)23-7-8-29-11-17(23)25/h1-6,14H,7-11H2,(H,22,26)/t14-/m0/s1. The van der Waals surface area contributed by atoms with Crippen LogP contribution in [0.15, 0.2) is 36.4 Å². The van der Waals surface area contributed by atoms with Crippen molar-refractivity contribution in [2.24, 2.45) is 0 Å². The zero-order valence-corrected chi connectivity index (χ0v) is 17.8. The average molecular weight is 464 g/mol. The van der Waals surface area contributed by atoms with Crippen LogP contribution < -0.4 is 10.2 Å². The number of hydrogen-bond donors (Lipinski definition) is 1. The van der Waals surface area contributed by atoms with Gasteiger partial charge in [0.2, 0.25) is 0 Å². The number of halogens is 1. The van der Waals surface area contributed by atoms with E-state index < -0.39 is 18.1 Å². The molecule has 1 aromatic heterocycles. The van der Waals surface area contributed by atoms with E-state index in [-0.39, 0.29) is 38.1 Å². The predicted molar refractivity (Wildman–Crippen MR) is 113 cm³/mol. The zero-order valence-electron chi connectivity index (χ0n) is 16.2. The molecular weight excluding hydrogens is 446 g/mol. The summed E-state index contributed by atoms with van der Waals surface area (Å²) < 4.78 is 10.9. The van der Waals surface area contributed by atoms with Gasteiger partial charge in [0.15, 0.2) is 0 Å². The summed E-state index contributed by atoms with van der Waals surface area (Å²) in [5.41, 5.74) is 0.888. The van der Waals surface area contributed by atoms with Crippen LogP contribution in [0.3, 0.4) is 0 Å². The van der Waals surface area contributed by atoms with E-state index in [4.69, 9.17) is 21.1 Å². The van der Waals surface area contributed by atoms with Gasteiger partial charge in [0.1, 0.15) is 12.7 Å². The van der Waals surface area contributed by atoms with E-state index in [1.165, 1.54) is 16.2 Å². The highest BCUT2D eigenvalue weighted by atomic mass is 35.5. The molecule has 0 bridgehead atoms. The number of thiophene rings is 1. The van der Waals surface area contributed by atoms with Gasteiger partial charge >= 0.3 is 6.09 Å². The monoisotopic (exact) mass is 463 g/mol. The Labute approximate surface area is 186 Å². The largest absolute Gasteiger partial charge is 0.442 e. The summed E-state index contributed by atoms with van der Waals surface area (Å²) in [6.45, 7) is 0.822. The molecule has 1 atom stereocenters. The second-order valence-corrected chi connectivity index (χ2v) is 8.60. The first-order valence-electron chi connectivity index (χ1n) is 9.46. The second-order valence-electron chi connectivity index (χ2n) is 6.88. The fourth-order valence-corrected chi connectivity index (χ4v) is 4.20. The molecule has 3 heterocycles. The van der Waals surface area contributed by atoms with Crippen molar-refractivity contribution in [3.05, 3.63) is 51.2 Å². The SMILES string of the molecule is O=C(NC[C@H]1CN(c2ccc(C(=O)N3CCOCC3=O)cc2)C(=O)O1)c1ccc(Cl)s1. The highest BCUT2D eigenvalue weighted by Gasteiger charge is 2.33. The molecule has 0 saturated carbocycles. The highest BCUT2D eigenvalue weighted by molar-refractivity contribution is 7.18. The lowest BCUT2D eigenvalue weighted by atomic mass is 10.1. The number of rotatable bonds is 5. The van der Waals surface area contributed by atoms with Gasteiger partial charge in [-0.2, -0.15) is 0 Å². The van der Waals surface area contributed by atoms with Crippen molar-refractivity contribution in [3.63, 3.8) is 0 Å². The van der Waals surface area contributed by atoms with Crippen molar-refractivity contribution in [2.45, 2.75) is 6.10 Å². The minimum absolute atomic E-state index is 0.110. The first-order chi connectivity index (χ1) is 14.9. The maximum Gasteiger partial charge on any atom is 0.414 e. The number of amides is 4. The van der Waals surface area contributed by atoms with E-state index in [0.717, 1.165) is 4.90 Å². The fourth-order valence-electron chi connectivity index (χ4n) is 3.24. The lowest BCUT2D eigenvalue weighted by Crippen LogP contribution is -2.45. The first-order valence-corrected chi connectivity index (χ1v) is 10.7. The minimum atomic E-state index is -0.541. The summed E-state index contributed by atoms with van der Waals surface area (Å²) in [7, 11) is 0. The Hall–Kier alpha value is -2.95. The number of cyclic esters (lactones) is 1. The van der Waals surface area contributed by atoms with Gasteiger partial charge in [0, 0.05) is 11.3 Å². The van der Waals surface area contributed by atoms with Gasteiger partial charge in [-0.15, -0.1) is 11.3 Å². The summed E-state index contributed by atoms with van der Waals surface area (Å²) in [4.78, 5) is 51.8. The molecule has 0 radical (unpaired) electrons. The number of benzene rings is 1. The average Bonchev–Trinajstić information content (AvgIpc) is 3.37. The number of hydrogen-bond acceptors (Lipinski definition) is 7. The highest BCUT2D eigenvalue weighted by Crippen LogP contribution is 2.24. The number of anilines is 1. The Morgan fingerprint density at radius 3 is 2.61 bits per heavy atom. The Kier molecular flexibility index (Phi) is 6.21. The maximum absolute atomic E-state index is 12.5. The lowest BCUT2D eigenvalue weighted by molar-refractivity contribution is -0.139. The van der Waals surface area contributed by atoms with E-state index in [1.54, 1.807) is 36.4 Å². The molecule has 0 aliphatic carbocycles. The van der Waals surface area contributed by atoms with Crippen molar-refractivity contribution in [1.82, 2.24) is 10.2 Å². The van der Waals surface area contributed by atoms with Crippen LogP contribution in [0.5, 0.6) is 0 Å². The van der Waals surface area contributed by atoms with Crippen LogP contribution in [0.1, 0.15) is 20.0 Å². The van der Waals surface area contributed by atoms with Crippen LogP contribution in [0.4, 0.5) is 10.5 Å². The third-order valence-electron chi connectivity index (χ3n) is 4.82. The molecule has 31 heavy (non-hydrogen) atoms. The third kappa shape index (κ3) is 4.71. The van der Waals surface area contributed by atoms with Crippen LogP contribution in [0, 0.1) is 0 Å². The summed E-state index contributed by atoms with van der Waals surface area (Å²) >= 11 is 7.00. The smallest absolute Gasteiger partial charge is 0.414 e. The van der Waals surface area contributed by atoms with E-state index in [2.05, 4.69) is 5.32 Å². The minimum Gasteiger partial charge on any atom is -0.442 e. The van der Waals surface area contributed by atoms with Crippen LogP contribution in [-0.4, -0.2) is 67.7 Å². The molecule has 0 unspecified atom stereocenters. The van der Waals surface area contributed by atoms with Gasteiger partial charge in [0.25, 0.3) is 17.7 Å². The van der Waals surface area contributed by atoms with Crippen LogP contribution in [0.25, 0.3) is 0 Å². The quantitative estimate of drug-likeness (QED) is 0.681. The molecule has 2 aliphatic heterocycles. The van der Waals surface area contributed by atoms with E-state index >= 15 is 0 Å². The number of carbonyl (C=O) groups is 4. The van der Waals surface area contributed by atoms with Gasteiger partial charge in [-0.25, -0.2) is 4.79 Å². The van der Waals surface area contributed by atoms with Gasteiger partial charge in [-0.05, 0) is 36.4 Å². The van der Waals surface area contributed by atoms with Crippen molar-refractivity contribution in [2.75, 3.05) is 37.7 Å². The zero-order chi connectivity index (χ0) is 22.0. The fraction of sp³-hybridized carbons (Fsp3) is 0.300. The molecular formula is C20H18ClN3O6S. The predicted octanol–water partition coefficient (Wildman–Crippen LogP) is 2.16. The Balaban J connectivity index is 1.35. The number of carbonyl (C=O) groups excluding carboxylic acids is 4. The molecule has 2 fully saturated rings. The molecule has 1 N–H and O–H groups in total. The summed E-state index contributed by atoms with van der Waals surface area (Å²) in [5.74, 6) is -1.07. The summed E-state index contributed by atoms with van der Waals surface area (Å²) in [6, 6.07) is 9.62. The third-order valence-corrected chi connectivity index (χ3v) is 6.05. The maximum atomic E-state index is 12.5. The molecule has 1 aromatic carbocycles. The number of morpholine rings is 1. The number of nitrogens with zero attached hydrogens (tertiary/aromatic N) is 2. The first kappa shape index (κ1) is 21.3. The molecule has 4 amide bonds. The van der Waals surface area contributed by atoms with E-state index in [1.807, 2.05) is 0 Å². The number of imide groups is 1. The van der Waals surface area contributed by atoms with E-state index in [0.29, 0.717) is 27.1 Å². The number of nitrogens with one attached hydrogen (secondary N) is 1. The molecule has 11 heteroatoms. The van der Waals surface area contributed by atoms with Crippen molar-refractivity contribution in [1.29, 1.82) is 0 Å². The van der Waals surface area contributed by atoms with Gasteiger partial charge in [-0.3, -0.25) is 24.2 Å². The normalized spacial score (nSPS) is 18.8. The molecule has 2 aliphatic rings. The Morgan fingerprint density at radius 2 is 1.94 bits per heavy atom. The Morgan fingerprint density at radius 1 is 1.16 bits per heavy atom. The molecule has 2 saturated heterocycles. The number of ether oxygens (including phenoxy) is 2. The summed E-state index contributed by atoms with van der Waals surface area (Å²) in [6.07, 6.45) is -1.06. The van der Waals surface area contributed by atoms with Crippen molar-refractivity contribution < 1.29 is 28.7 Å². The van der Waals surface area contributed by atoms with Gasteiger partial charge < -0.3 is 14.8 Å². The lowest BCUT2D eigenvalue weighted by Gasteiger charge is -2.25. The molecule has 0 spiro atoms. The van der Waals surface area contributed by atoms with Crippen LogP contribution in [-0.2, 0) is 14.3 Å². The molecule has 162 valence electrons. The van der Waals surface area contributed by atoms with Gasteiger partial charge in [-0.1, -0.05) is 11.6 Å². The van der Waals surface area contributed by atoms with Crippen molar-refractivity contribution >= 4 is 52.4 Å². The molecule has 4 rings (SSSR count). The van der Waals surface area contributed by atoms with Crippen LogP contribution in [0.2, 0.25) is 4.34 Å². The van der Waals surface area contributed by atoms with Gasteiger partial charge in [0.05, 0.1) is 35.5 Å². The van der Waals surface area contributed by atoms with Crippen LogP contribution >= 0.6 is 22.9 Å². The topological polar surface area (TPSA) is 105 Å². The molecule has 2 aromatic rings. The Bertz CT molecular complexity index is 1020. The van der Waals surface area contributed by atoms with E-state index in [9.17, 15) is 19.2 Å². The summed E-state index contributed by atoms with van der Waals surface area (Å²) in [5, 5.41) is 2.73.